The maximum absolute atomic E-state index is 11.6. The van der Waals surface area contributed by atoms with E-state index >= 15 is 0 Å². The van der Waals surface area contributed by atoms with E-state index in [4.69, 9.17) is 46.7 Å². The van der Waals surface area contributed by atoms with Crippen molar-refractivity contribution >= 4 is 12.4 Å². The van der Waals surface area contributed by atoms with E-state index in [0.717, 1.165) is 26.2 Å². The minimum absolute atomic E-state index is 0. The van der Waals surface area contributed by atoms with Crippen molar-refractivity contribution in [2.45, 2.75) is 39.8 Å². The van der Waals surface area contributed by atoms with Crippen LogP contribution in [0.3, 0.4) is 0 Å². The number of benzene rings is 2. The molecule has 0 heterocycles. The molecule has 0 aliphatic heterocycles. The number of nitrogens with zero attached hydrogens (tertiary/aromatic N) is 2. The second kappa shape index (κ2) is 25.8. The molecule has 1 radical (unpaired) electrons. The largest absolute Gasteiger partial charge is 2.00 e. The first-order valence-corrected chi connectivity index (χ1v) is 15.3. The number of aliphatic imine (C=N–C) groups is 2. The van der Waals surface area contributed by atoms with Crippen LogP contribution in [0.5, 0.6) is 23.0 Å². The third-order valence-corrected chi connectivity index (χ3v) is 4.69. The monoisotopic (exact) mass is 733 g/mol. The third kappa shape index (κ3) is 34.4. The molecule has 0 fully saturated rings. The van der Waals surface area contributed by atoms with Gasteiger partial charge >= 0.3 is 17.1 Å². The maximum atomic E-state index is 11.6. The molecule has 2 rings (SSSR count). The van der Waals surface area contributed by atoms with E-state index in [0.29, 0.717) is 34.7 Å². The second-order valence-electron chi connectivity index (χ2n) is 9.17. The summed E-state index contributed by atoms with van der Waals surface area (Å²) in [4.78, 5) is 8.47. The summed E-state index contributed by atoms with van der Waals surface area (Å²) in [5.41, 5.74) is 1.21. The summed E-state index contributed by atoms with van der Waals surface area (Å²) in [5, 5.41) is 27.6. The van der Waals surface area contributed by atoms with E-state index in [-0.39, 0.29) is 28.6 Å². The summed E-state index contributed by atoms with van der Waals surface area (Å²) in [6, 6.07) is 11.1. The molecule has 0 atom stereocenters. The molecule has 0 aromatic heterocycles. The molecule has 4 N–H and O–H groups in total. The van der Waals surface area contributed by atoms with Crippen LogP contribution in [0, 0.1) is 20.5 Å². The molecule has 0 amide bonds. The number of quaternary nitrogens is 2. The Morgan fingerprint density at radius 3 is 1.16 bits per heavy atom. The van der Waals surface area contributed by atoms with Crippen LogP contribution in [-0.2, 0) is 17.1 Å². The van der Waals surface area contributed by atoms with Gasteiger partial charge in [0.05, 0.1) is 52.5 Å². The van der Waals surface area contributed by atoms with Gasteiger partial charge in [-0.2, -0.15) is 0 Å². The second-order valence-corrected chi connectivity index (χ2v) is 10.7. The Hall–Kier alpha value is -2.32. The fourth-order valence-electron chi connectivity index (χ4n) is 2.79. The number of nitrogens with two attached hydrogens (primary N) is 2. The molecule has 2 aromatic carbocycles. The van der Waals surface area contributed by atoms with Crippen LogP contribution in [0.25, 0.3) is 0 Å². The number of ether oxygens (including phenoxy) is 2. The quantitative estimate of drug-likeness (QED) is 0.117. The molecule has 0 saturated heterocycles. The van der Waals surface area contributed by atoms with Gasteiger partial charge in [-0.05, 0) is 63.1 Å². The van der Waals surface area contributed by atoms with Crippen LogP contribution in [-0.4, -0.2) is 64.9 Å². The molecular weight excluding hydrogens is 695 g/mol. The average molecular weight is 735 g/mol. The number of hydrogen-bond acceptors (Lipinski definition) is 14. The summed E-state index contributed by atoms with van der Waals surface area (Å²) >= 11 is 0. The van der Waals surface area contributed by atoms with Gasteiger partial charge in [0.25, 0.3) is 0 Å². The zero-order valence-corrected chi connectivity index (χ0v) is 28.1. The van der Waals surface area contributed by atoms with Crippen LogP contribution in [0.1, 0.15) is 38.8 Å². The van der Waals surface area contributed by atoms with Crippen molar-refractivity contribution in [2.75, 3.05) is 40.4 Å². The predicted octanol–water partition coefficient (Wildman–Crippen LogP) is -9.20. The first kappa shape index (κ1) is 47.1. The summed E-state index contributed by atoms with van der Waals surface area (Å²) in [6.07, 6.45) is 3.27. The summed E-state index contributed by atoms with van der Waals surface area (Å²) in [7, 11) is -6.80. The first-order chi connectivity index (χ1) is 20.3. The van der Waals surface area contributed by atoms with Gasteiger partial charge in [0.15, 0.2) is 0 Å². The van der Waals surface area contributed by atoms with Crippen LogP contribution < -0.4 is 67.6 Å². The molecule has 0 saturated carbocycles. The Kier molecular flexibility index (Phi) is 27.0. The van der Waals surface area contributed by atoms with E-state index in [1.807, 2.05) is 0 Å². The van der Waals surface area contributed by atoms with Gasteiger partial charge < -0.3 is 30.3 Å². The molecule has 261 valence electrons. The van der Waals surface area contributed by atoms with E-state index in [9.17, 15) is 10.2 Å². The van der Waals surface area contributed by atoms with Crippen molar-refractivity contribution in [2.24, 2.45) is 9.98 Å². The molecule has 0 aliphatic carbocycles. The molecule has 0 unspecified atom stereocenters. The third-order valence-electron chi connectivity index (χ3n) is 4.69. The van der Waals surface area contributed by atoms with Crippen LogP contribution in [0.15, 0.2) is 46.4 Å². The van der Waals surface area contributed by atoms with Gasteiger partial charge in [0.2, 0.25) is 0 Å². The van der Waals surface area contributed by atoms with E-state index in [1.165, 1.54) is 12.1 Å². The maximum Gasteiger partial charge on any atom is 2.00 e. The molecule has 0 bridgehead atoms. The van der Waals surface area contributed by atoms with Crippen LogP contribution in [0.4, 0.5) is 0 Å². The Morgan fingerprint density at radius 2 is 0.933 bits per heavy atom. The smallest absolute Gasteiger partial charge is 0.872 e. The first-order valence-electron chi connectivity index (χ1n) is 12.9. The molecule has 2 aromatic rings. The molecular formula is C26H40Cl2CuN4O12. The molecule has 0 spiro atoms. The van der Waals surface area contributed by atoms with Gasteiger partial charge in [-0.15, -0.1) is 20.5 Å². The van der Waals surface area contributed by atoms with Gasteiger partial charge in [0.1, 0.15) is 11.5 Å². The Labute approximate surface area is 277 Å². The van der Waals surface area contributed by atoms with Crippen molar-refractivity contribution in [1.82, 2.24) is 0 Å². The molecule has 16 nitrogen and oxygen atoms in total. The van der Waals surface area contributed by atoms with Crippen molar-refractivity contribution in [1.29, 1.82) is 0 Å². The van der Waals surface area contributed by atoms with Gasteiger partial charge in [0, 0.05) is 12.4 Å². The number of rotatable bonds is 12. The van der Waals surface area contributed by atoms with Crippen molar-refractivity contribution in [3.05, 3.63) is 47.5 Å². The zero-order chi connectivity index (χ0) is 34.3. The molecule has 45 heavy (non-hydrogen) atoms. The zero-order valence-electron chi connectivity index (χ0n) is 25.6. The predicted molar refractivity (Wildman–Crippen MR) is 134 cm³/mol. The van der Waals surface area contributed by atoms with Crippen molar-refractivity contribution < 1.29 is 105 Å². The Bertz CT molecular complexity index is 1010. The minimum Gasteiger partial charge on any atom is -0.872 e. The summed E-state index contributed by atoms with van der Waals surface area (Å²) in [6.45, 7) is 11.9. The van der Waals surface area contributed by atoms with E-state index in [1.54, 1.807) is 50.9 Å². The number of methoxy groups -OCH3 is 2. The Morgan fingerprint density at radius 1 is 0.644 bits per heavy atom. The van der Waals surface area contributed by atoms with E-state index < -0.39 is 20.5 Å². The fourth-order valence-corrected chi connectivity index (χ4v) is 2.79. The van der Waals surface area contributed by atoms with Gasteiger partial charge in [-0.25, -0.2) is 37.3 Å². The summed E-state index contributed by atoms with van der Waals surface area (Å²) < 4.78 is 77.9. The van der Waals surface area contributed by atoms with Gasteiger partial charge in [-0.3, -0.25) is 9.98 Å². The van der Waals surface area contributed by atoms with Crippen LogP contribution in [0.2, 0.25) is 0 Å². The minimum atomic E-state index is -4.94. The van der Waals surface area contributed by atoms with Crippen molar-refractivity contribution in [3.8, 4) is 23.0 Å². The molecule has 0 aliphatic rings. The number of halogens is 2. The Balaban J connectivity index is -0.000000594. The summed E-state index contributed by atoms with van der Waals surface area (Å²) in [5.74, 6) is 1.06. The van der Waals surface area contributed by atoms with Gasteiger partial charge in [-0.1, -0.05) is 23.6 Å². The normalized spacial score (nSPS) is 11.2. The average Bonchev–Trinajstić information content (AvgIpc) is 2.88. The van der Waals surface area contributed by atoms with Crippen LogP contribution >= 0.6 is 0 Å². The SMILES string of the molecule is COc1ccc(C=NCC[NH2+]C(C)C)c([O-])c1.COc1ccc(C=NCC[NH2+]C(C)C)c([O-])c1.[Cu+2].[O-][Cl+3]([O-])([O-])[O-].[O-][Cl+3]([O-])([O-])[O-]. The number of hydrogen-bond donors (Lipinski definition) is 2. The standard InChI is InChI=1S/2C13H20N2O2.2ClHO4.Cu/c2*1-10(2)15-7-6-14-9-11-4-5-12(17-3)8-13(11)16;2*2-1(3,4)5;/h2*4-5,8-10,15-16H,6-7H2,1-3H3;2*(H,2,3,4,5);/q;;;;+2/p-2. The van der Waals surface area contributed by atoms with Crippen molar-refractivity contribution in [3.63, 3.8) is 0 Å². The topological polar surface area (TPSA) is 307 Å². The van der Waals surface area contributed by atoms with E-state index in [2.05, 4.69) is 48.3 Å². The molecule has 19 heteroatoms. The fraction of sp³-hybridized carbons (Fsp3) is 0.462.